The molecule has 1 atom stereocenters. The number of allylic oxidation sites excluding steroid dienone is 1. The molecule has 0 saturated heterocycles. The summed E-state index contributed by atoms with van der Waals surface area (Å²) in [6.45, 7) is 11.2. The number of rotatable bonds is 9. The highest BCUT2D eigenvalue weighted by Gasteiger charge is 2.32. The first-order valence-electron chi connectivity index (χ1n) is 10.3. The molecule has 0 amide bonds. The van der Waals surface area contributed by atoms with Gasteiger partial charge in [0.15, 0.2) is 0 Å². The molecule has 0 bridgehead atoms. The molecule has 0 aliphatic heterocycles. The minimum absolute atomic E-state index is 0.119. The number of likely N-dealkylation sites (N-methyl/N-ethyl adjacent to an activating group) is 1. The van der Waals surface area contributed by atoms with Crippen LogP contribution in [0.3, 0.4) is 0 Å². The van der Waals surface area contributed by atoms with Gasteiger partial charge in [-0.3, -0.25) is 4.18 Å². The van der Waals surface area contributed by atoms with Gasteiger partial charge in [0.2, 0.25) is 0 Å². The molecule has 7 heteroatoms. The number of ether oxygens (including phenoxy) is 1. The average Bonchev–Trinajstić information content (AvgIpc) is 3.02. The van der Waals surface area contributed by atoms with Crippen LogP contribution < -0.4 is 4.74 Å². The summed E-state index contributed by atoms with van der Waals surface area (Å²) in [4.78, 5) is 2.32. The summed E-state index contributed by atoms with van der Waals surface area (Å²) in [6, 6.07) is 6.05. The number of aromatic nitrogens is 1. The van der Waals surface area contributed by atoms with E-state index in [1.54, 1.807) is 7.11 Å². The lowest BCUT2D eigenvalue weighted by molar-refractivity contribution is 0.302. The van der Waals surface area contributed by atoms with Gasteiger partial charge in [0.05, 0.1) is 25.5 Å². The second kappa shape index (κ2) is 8.79. The monoisotopic (exact) mass is 420 g/mol. The summed E-state index contributed by atoms with van der Waals surface area (Å²) < 4.78 is 35.8. The molecule has 1 heterocycles. The van der Waals surface area contributed by atoms with Gasteiger partial charge in [-0.05, 0) is 50.8 Å². The Kier molecular flexibility index (Phi) is 6.58. The van der Waals surface area contributed by atoms with E-state index in [-0.39, 0.29) is 12.5 Å². The predicted octanol–water partition coefficient (Wildman–Crippen LogP) is 3.90. The molecule has 1 aliphatic carbocycles. The van der Waals surface area contributed by atoms with Crippen LogP contribution in [0.2, 0.25) is 0 Å². The lowest BCUT2D eigenvalue weighted by atomic mass is 9.82. The smallest absolute Gasteiger partial charge is 0.264 e. The number of hydrogen-bond acceptors (Lipinski definition) is 5. The van der Waals surface area contributed by atoms with E-state index in [0.717, 1.165) is 61.0 Å². The quantitative estimate of drug-likeness (QED) is 0.576. The second-order valence-electron chi connectivity index (χ2n) is 7.50. The molecule has 29 heavy (non-hydrogen) atoms. The molecule has 2 aromatic rings. The summed E-state index contributed by atoms with van der Waals surface area (Å²) in [5, 5.41) is 1.11. The molecule has 3 rings (SSSR count). The minimum atomic E-state index is -3.47. The Labute approximate surface area is 174 Å². The summed E-state index contributed by atoms with van der Waals surface area (Å²) >= 11 is 0. The van der Waals surface area contributed by atoms with Gasteiger partial charge in [-0.15, -0.1) is 0 Å². The van der Waals surface area contributed by atoms with Crippen molar-refractivity contribution in [3.8, 4) is 5.75 Å². The summed E-state index contributed by atoms with van der Waals surface area (Å²) in [5.74, 6) is 1.08. The molecule has 160 valence electrons. The van der Waals surface area contributed by atoms with Crippen molar-refractivity contribution in [2.24, 2.45) is 0 Å². The fourth-order valence-corrected chi connectivity index (χ4v) is 4.98. The second-order valence-corrected chi connectivity index (χ2v) is 9.14. The number of fused-ring (bicyclic) bond motifs is 3. The van der Waals surface area contributed by atoms with Crippen LogP contribution >= 0.6 is 0 Å². The fraction of sp³-hybridized carbons (Fsp3) is 0.545. The molecule has 1 aliphatic rings. The Morgan fingerprint density at radius 2 is 2.03 bits per heavy atom. The highest BCUT2D eigenvalue weighted by molar-refractivity contribution is 7.85. The normalized spacial score (nSPS) is 16.6. The SMILES string of the molecule is C=C(C1CCCc2c1c1c(OC)cccc1n2CCOS(C)(=O)=O)N(CC)CC. The minimum Gasteiger partial charge on any atom is -0.496 e. The molecular formula is C22H32N2O4S. The van der Waals surface area contributed by atoms with Crippen molar-refractivity contribution < 1.29 is 17.3 Å². The number of nitrogens with zero attached hydrogens (tertiary/aromatic N) is 2. The zero-order valence-corrected chi connectivity index (χ0v) is 18.7. The fourth-order valence-electron chi connectivity index (χ4n) is 4.60. The van der Waals surface area contributed by atoms with E-state index in [1.807, 2.05) is 12.1 Å². The largest absolute Gasteiger partial charge is 0.496 e. The molecule has 1 unspecified atom stereocenters. The number of benzene rings is 1. The molecule has 1 aromatic carbocycles. The van der Waals surface area contributed by atoms with Crippen molar-refractivity contribution in [1.82, 2.24) is 9.47 Å². The predicted molar refractivity (Wildman–Crippen MR) is 117 cm³/mol. The Bertz CT molecular complexity index is 990. The topological polar surface area (TPSA) is 60.8 Å². The maximum Gasteiger partial charge on any atom is 0.264 e. The molecule has 6 nitrogen and oxygen atoms in total. The Balaban J connectivity index is 2.13. The first kappa shape index (κ1) is 21.7. The third-order valence-corrected chi connectivity index (χ3v) is 6.45. The first-order chi connectivity index (χ1) is 13.8. The van der Waals surface area contributed by atoms with Crippen LogP contribution in [-0.4, -0.2) is 50.9 Å². The van der Waals surface area contributed by atoms with Crippen LogP contribution in [0.15, 0.2) is 30.5 Å². The molecule has 0 fully saturated rings. The maximum atomic E-state index is 11.4. The molecule has 1 aromatic heterocycles. The average molecular weight is 421 g/mol. The van der Waals surface area contributed by atoms with Crippen LogP contribution in [0, 0.1) is 0 Å². The van der Waals surface area contributed by atoms with Gasteiger partial charge in [-0.2, -0.15) is 8.42 Å². The number of hydrogen-bond donors (Lipinski definition) is 0. The van der Waals surface area contributed by atoms with Gasteiger partial charge in [0.25, 0.3) is 10.1 Å². The summed E-state index contributed by atoms with van der Waals surface area (Å²) in [7, 11) is -1.77. The van der Waals surface area contributed by atoms with Gasteiger partial charge in [-0.25, -0.2) is 0 Å². The zero-order valence-electron chi connectivity index (χ0n) is 17.9. The van der Waals surface area contributed by atoms with Gasteiger partial charge < -0.3 is 14.2 Å². The van der Waals surface area contributed by atoms with Gasteiger partial charge in [0, 0.05) is 42.3 Å². The van der Waals surface area contributed by atoms with E-state index >= 15 is 0 Å². The van der Waals surface area contributed by atoms with Crippen molar-refractivity contribution in [3.63, 3.8) is 0 Å². The van der Waals surface area contributed by atoms with E-state index in [4.69, 9.17) is 8.92 Å². The Hall–Kier alpha value is -1.99. The van der Waals surface area contributed by atoms with Crippen molar-refractivity contribution in [1.29, 1.82) is 0 Å². The first-order valence-corrected chi connectivity index (χ1v) is 12.1. The Morgan fingerprint density at radius 3 is 2.66 bits per heavy atom. The Morgan fingerprint density at radius 1 is 1.31 bits per heavy atom. The van der Waals surface area contributed by atoms with Gasteiger partial charge >= 0.3 is 0 Å². The maximum absolute atomic E-state index is 11.4. The van der Waals surface area contributed by atoms with Crippen LogP contribution in [-0.2, 0) is 27.3 Å². The van der Waals surface area contributed by atoms with Crippen molar-refractivity contribution >= 4 is 21.0 Å². The lowest BCUT2D eigenvalue weighted by Crippen LogP contribution is -2.27. The van der Waals surface area contributed by atoms with E-state index in [2.05, 4.69) is 36.0 Å². The summed E-state index contributed by atoms with van der Waals surface area (Å²) in [5.41, 5.74) is 4.73. The van der Waals surface area contributed by atoms with E-state index < -0.39 is 10.1 Å². The van der Waals surface area contributed by atoms with Crippen molar-refractivity contribution in [3.05, 3.63) is 41.7 Å². The van der Waals surface area contributed by atoms with Crippen LogP contribution in [0.4, 0.5) is 0 Å². The van der Waals surface area contributed by atoms with E-state index in [0.29, 0.717) is 6.54 Å². The standard InChI is InChI=1S/C22H32N2O4S/c1-6-23(7-2)16(3)17-10-8-11-18-21(17)22-19(12-9-13-20(22)27-4)24(18)14-15-28-29(5,25)26/h9,12-13,17H,3,6-8,10-11,14-15H2,1-2,4-5H3. The van der Waals surface area contributed by atoms with Crippen molar-refractivity contribution in [2.75, 3.05) is 33.1 Å². The lowest BCUT2D eigenvalue weighted by Gasteiger charge is -2.33. The highest BCUT2D eigenvalue weighted by Crippen LogP contribution is 2.45. The van der Waals surface area contributed by atoms with Crippen LogP contribution in [0.25, 0.3) is 10.9 Å². The van der Waals surface area contributed by atoms with Crippen molar-refractivity contribution in [2.45, 2.75) is 45.6 Å². The molecular weight excluding hydrogens is 388 g/mol. The van der Waals surface area contributed by atoms with Gasteiger partial charge in [-0.1, -0.05) is 12.6 Å². The van der Waals surface area contributed by atoms with Gasteiger partial charge in [0.1, 0.15) is 5.75 Å². The molecule has 0 saturated carbocycles. The van der Waals surface area contributed by atoms with Crippen LogP contribution in [0.1, 0.15) is 43.9 Å². The molecule has 0 radical (unpaired) electrons. The third-order valence-electron chi connectivity index (χ3n) is 5.86. The summed E-state index contributed by atoms with van der Waals surface area (Å²) in [6.07, 6.45) is 4.17. The third kappa shape index (κ3) is 4.31. The highest BCUT2D eigenvalue weighted by atomic mass is 32.2. The number of methoxy groups -OCH3 is 1. The van der Waals surface area contributed by atoms with Crippen LogP contribution in [0.5, 0.6) is 5.75 Å². The zero-order chi connectivity index (χ0) is 21.2. The molecule has 0 spiro atoms. The molecule has 0 N–H and O–H groups in total. The van der Waals surface area contributed by atoms with E-state index in [1.165, 1.54) is 11.3 Å². The van der Waals surface area contributed by atoms with E-state index in [9.17, 15) is 8.42 Å².